The number of aryl methyl sites for hydroxylation is 1. The van der Waals surface area contributed by atoms with Crippen molar-refractivity contribution in [2.75, 3.05) is 0 Å². The van der Waals surface area contributed by atoms with E-state index in [2.05, 4.69) is 9.73 Å². The van der Waals surface area contributed by atoms with E-state index in [1.807, 2.05) is 0 Å². The molecular weight excluding hydrogens is 439 g/mol. The van der Waals surface area contributed by atoms with Crippen LogP contribution >= 0.6 is 0 Å². The largest absolute Gasteiger partial charge is 0.432 e. The number of hydrogen-bond acceptors (Lipinski definition) is 2. The average Bonchev–Trinajstić information content (AvgIpc) is 2.72. The number of rotatable bonds is 5. The highest BCUT2D eigenvalue weighted by Crippen LogP contribution is 2.39. The van der Waals surface area contributed by atoms with Crippen molar-refractivity contribution in [3.05, 3.63) is 89.0 Å². The van der Waals surface area contributed by atoms with E-state index in [-0.39, 0.29) is 28.2 Å². The van der Waals surface area contributed by atoms with Gasteiger partial charge in [0.2, 0.25) is 0 Å². The molecule has 0 fully saturated rings. The minimum Gasteiger partial charge on any atom is -0.432 e. The van der Waals surface area contributed by atoms with Crippen LogP contribution in [0.3, 0.4) is 0 Å². The summed E-state index contributed by atoms with van der Waals surface area (Å²) >= 11 is 0. The number of nitrogens with zero attached hydrogens (tertiary/aromatic N) is 1. The van der Waals surface area contributed by atoms with Crippen molar-refractivity contribution in [1.29, 1.82) is 5.41 Å². The van der Waals surface area contributed by atoms with Crippen LogP contribution in [0.4, 0.5) is 22.0 Å². The molecule has 0 radical (unpaired) electrons. The van der Waals surface area contributed by atoms with Crippen molar-refractivity contribution in [2.24, 2.45) is 4.99 Å². The molecule has 0 atom stereocenters. The molecular formula is C25H21F5N2O. The quantitative estimate of drug-likeness (QED) is 0.239. The third kappa shape index (κ3) is 5.83. The van der Waals surface area contributed by atoms with Crippen molar-refractivity contribution in [1.82, 2.24) is 0 Å². The highest BCUT2D eigenvalue weighted by molar-refractivity contribution is 6.11. The molecule has 3 aromatic rings. The number of alkyl halides is 5. The Balaban J connectivity index is 2.02. The van der Waals surface area contributed by atoms with E-state index in [0.29, 0.717) is 18.1 Å². The van der Waals surface area contributed by atoms with Crippen molar-refractivity contribution >= 4 is 11.5 Å². The molecule has 172 valence electrons. The second-order valence-corrected chi connectivity index (χ2v) is 7.52. The summed E-state index contributed by atoms with van der Waals surface area (Å²) in [4.78, 5) is 4.06. The number of ether oxygens (including phenoxy) is 1. The predicted octanol–water partition coefficient (Wildman–Crippen LogP) is 7.51. The first-order chi connectivity index (χ1) is 15.4. The van der Waals surface area contributed by atoms with Crippen LogP contribution in [0.25, 0.3) is 11.1 Å². The molecule has 3 aromatic carbocycles. The second-order valence-electron chi connectivity index (χ2n) is 7.52. The SMILES string of the molecule is CC(=NC(=N)c1ccccc1OC(C)(F)F)c1ccc(-c2ccccc2C)c(C(F)(F)F)c1. The zero-order valence-electron chi connectivity index (χ0n) is 18.1. The summed E-state index contributed by atoms with van der Waals surface area (Å²) in [6.45, 7) is 3.75. The Morgan fingerprint density at radius 2 is 1.52 bits per heavy atom. The van der Waals surface area contributed by atoms with E-state index in [1.54, 1.807) is 31.2 Å². The third-order valence-electron chi connectivity index (χ3n) is 4.89. The average molecular weight is 460 g/mol. The lowest BCUT2D eigenvalue weighted by Gasteiger charge is -2.17. The number of halogens is 5. The minimum atomic E-state index is -4.62. The van der Waals surface area contributed by atoms with Crippen LogP contribution in [-0.4, -0.2) is 17.7 Å². The van der Waals surface area contributed by atoms with Crippen LogP contribution < -0.4 is 4.74 Å². The lowest BCUT2D eigenvalue weighted by Crippen LogP contribution is -2.20. The summed E-state index contributed by atoms with van der Waals surface area (Å²) in [5.41, 5.74) is 0.646. The molecule has 8 heteroatoms. The number of hydrogen-bond donors (Lipinski definition) is 1. The monoisotopic (exact) mass is 460 g/mol. The Labute approximate surface area is 188 Å². The van der Waals surface area contributed by atoms with Gasteiger partial charge in [0.1, 0.15) is 5.75 Å². The third-order valence-corrected chi connectivity index (χ3v) is 4.89. The summed E-state index contributed by atoms with van der Waals surface area (Å²) < 4.78 is 72.8. The maximum atomic E-state index is 13.9. The van der Waals surface area contributed by atoms with E-state index in [4.69, 9.17) is 5.41 Å². The molecule has 0 aliphatic rings. The molecule has 3 rings (SSSR count). The number of nitrogens with one attached hydrogen (secondary N) is 1. The lowest BCUT2D eigenvalue weighted by atomic mass is 9.93. The van der Waals surface area contributed by atoms with Crippen molar-refractivity contribution in [3.63, 3.8) is 0 Å². The lowest BCUT2D eigenvalue weighted by molar-refractivity contribution is -0.159. The van der Waals surface area contributed by atoms with Gasteiger partial charge in [-0.1, -0.05) is 48.5 Å². The van der Waals surface area contributed by atoms with Gasteiger partial charge in [-0.15, -0.1) is 0 Å². The second kappa shape index (κ2) is 9.13. The van der Waals surface area contributed by atoms with Crippen LogP contribution in [0.1, 0.15) is 36.1 Å². The van der Waals surface area contributed by atoms with Gasteiger partial charge in [0, 0.05) is 12.6 Å². The normalized spacial score (nSPS) is 12.5. The molecule has 1 N–H and O–H groups in total. The van der Waals surface area contributed by atoms with Crippen LogP contribution in [0.5, 0.6) is 5.75 Å². The Bertz CT molecular complexity index is 1210. The van der Waals surface area contributed by atoms with Gasteiger partial charge in [-0.3, -0.25) is 5.41 Å². The van der Waals surface area contributed by atoms with Gasteiger partial charge < -0.3 is 4.74 Å². The van der Waals surface area contributed by atoms with E-state index < -0.39 is 23.7 Å². The zero-order chi connectivity index (χ0) is 24.4. The topological polar surface area (TPSA) is 45.4 Å². The molecule has 0 unspecified atom stereocenters. The molecule has 0 saturated carbocycles. The zero-order valence-corrected chi connectivity index (χ0v) is 18.1. The van der Waals surface area contributed by atoms with E-state index in [0.717, 1.165) is 6.07 Å². The van der Waals surface area contributed by atoms with E-state index in [1.165, 1.54) is 43.3 Å². The van der Waals surface area contributed by atoms with Gasteiger partial charge >= 0.3 is 12.3 Å². The molecule has 0 aliphatic carbocycles. The van der Waals surface area contributed by atoms with Crippen LogP contribution in [-0.2, 0) is 6.18 Å². The first-order valence-electron chi connectivity index (χ1n) is 9.94. The van der Waals surface area contributed by atoms with Gasteiger partial charge in [-0.2, -0.15) is 22.0 Å². The number of aliphatic imine (C=N–C) groups is 1. The number of amidine groups is 1. The maximum absolute atomic E-state index is 13.9. The Kier molecular flexibility index (Phi) is 6.67. The first kappa shape index (κ1) is 24.1. The van der Waals surface area contributed by atoms with Crippen LogP contribution in [0.15, 0.2) is 71.7 Å². The summed E-state index contributed by atoms with van der Waals surface area (Å²) in [6.07, 6.45) is -8.09. The number of benzene rings is 3. The molecule has 0 amide bonds. The highest BCUT2D eigenvalue weighted by atomic mass is 19.4. The minimum absolute atomic E-state index is 0.00838. The van der Waals surface area contributed by atoms with Crippen LogP contribution in [0.2, 0.25) is 0 Å². The van der Waals surface area contributed by atoms with E-state index in [9.17, 15) is 22.0 Å². The fourth-order valence-corrected chi connectivity index (χ4v) is 3.35. The molecule has 33 heavy (non-hydrogen) atoms. The molecule has 0 saturated heterocycles. The van der Waals surface area contributed by atoms with Gasteiger partial charge in [-0.25, -0.2) is 4.99 Å². The fourth-order valence-electron chi connectivity index (χ4n) is 3.35. The summed E-state index contributed by atoms with van der Waals surface area (Å²) in [5.74, 6) is -0.665. The molecule has 0 aromatic heterocycles. The van der Waals surface area contributed by atoms with Crippen molar-refractivity contribution in [2.45, 2.75) is 33.1 Å². The molecule has 0 aliphatic heterocycles. The maximum Gasteiger partial charge on any atom is 0.417 e. The highest BCUT2D eigenvalue weighted by Gasteiger charge is 2.34. The van der Waals surface area contributed by atoms with Gasteiger partial charge in [0.05, 0.1) is 11.1 Å². The Morgan fingerprint density at radius 3 is 2.15 bits per heavy atom. The van der Waals surface area contributed by atoms with Crippen molar-refractivity contribution < 1.29 is 26.7 Å². The predicted molar refractivity (Wildman–Crippen MR) is 118 cm³/mol. The van der Waals surface area contributed by atoms with Gasteiger partial charge in [0.15, 0.2) is 5.84 Å². The standard InChI is InChI=1S/C25H21F5N2O/c1-15-8-4-5-9-18(15)19-13-12-17(14-21(19)25(28,29)30)16(2)32-23(31)20-10-6-7-11-22(20)33-24(3,26)27/h4-14,31H,1-3H3. The summed E-state index contributed by atoms with van der Waals surface area (Å²) in [7, 11) is 0. The summed E-state index contributed by atoms with van der Waals surface area (Å²) in [6, 6.07) is 16.3. The summed E-state index contributed by atoms with van der Waals surface area (Å²) in [5, 5.41) is 8.20. The Hall–Kier alpha value is -3.55. The fraction of sp³-hybridized carbons (Fsp3) is 0.200. The molecule has 0 heterocycles. The molecule has 3 nitrogen and oxygen atoms in total. The number of para-hydroxylation sites is 1. The molecule has 0 spiro atoms. The van der Waals surface area contributed by atoms with Crippen molar-refractivity contribution in [3.8, 4) is 16.9 Å². The van der Waals surface area contributed by atoms with Crippen LogP contribution in [0, 0.1) is 12.3 Å². The Morgan fingerprint density at radius 1 is 0.879 bits per heavy atom. The van der Waals surface area contributed by atoms with Gasteiger partial charge in [0.25, 0.3) is 0 Å². The molecule has 0 bridgehead atoms. The van der Waals surface area contributed by atoms with E-state index >= 15 is 0 Å². The van der Waals surface area contributed by atoms with Gasteiger partial charge in [-0.05, 0) is 54.3 Å². The first-order valence-corrected chi connectivity index (χ1v) is 9.94. The smallest absolute Gasteiger partial charge is 0.417 e.